The van der Waals surface area contributed by atoms with E-state index in [1.54, 1.807) is 30.3 Å². The van der Waals surface area contributed by atoms with Gasteiger partial charge in [-0.15, -0.1) is 0 Å². The molecule has 0 saturated heterocycles. The number of allylic oxidation sites excluding steroid dienone is 1. The van der Waals surface area contributed by atoms with E-state index >= 15 is 0 Å². The molecule has 2 aromatic rings. The van der Waals surface area contributed by atoms with Gasteiger partial charge in [0.2, 0.25) is 0 Å². The first-order valence-electron chi connectivity index (χ1n) is 7.89. The molecule has 0 amide bonds. The van der Waals surface area contributed by atoms with Gasteiger partial charge in [0, 0.05) is 21.2 Å². The van der Waals surface area contributed by atoms with Crippen molar-refractivity contribution in [2.45, 2.75) is 6.92 Å². The van der Waals surface area contributed by atoms with Crippen LogP contribution in [0.15, 0.2) is 58.6 Å². The van der Waals surface area contributed by atoms with Crippen molar-refractivity contribution in [3.05, 3.63) is 74.7 Å². The zero-order valence-corrected chi connectivity index (χ0v) is 16.4. The van der Waals surface area contributed by atoms with Crippen LogP contribution < -0.4 is 0 Å². The quantitative estimate of drug-likeness (QED) is 0.688. The van der Waals surface area contributed by atoms with E-state index in [2.05, 4.69) is 10.1 Å². The van der Waals surface area contributed by atoms with Gasteiger partial charge in [-0.1, -0.05) is 53.0 Å². The predicted octanol–water partition coefficient (Wildman–Crippen LogP) is 5.21. The van der Waals surface area contributed by atoms with Crippen molar-refractivity contribution in [3.63, 3.8) is 0 Å². The first kappa shape index (κ1) is 19.4. The predicted molar refractivity (Wildman–Crippen MR) is 110 cm³/mol. The summed E-state index contributed by atoms with van der Waals surface area (Å²) in [4.78, 5) is 15.7. The van der Waals surface area contributed by atoms with Gasteiger partial charge < -0.3 is 5.11 Å². The lowest BCUT2D eigenvalue weighted by atomic mass is 10.0. The van der Waals surface area contributed by atoms with Crippen molar-refractivity contribution in [1.29, 1.82) is 0 Å². The van der Waals surface area contributed by atoms with Gasteiger partial charge in [0.1, 0.15) is 12.4 Å². The normalized spacial score (nSPS) is 14.7. The summed E-state index contributed by atoms with van der Waals surface area (Å²) in [7, 11) is 0. The topological polar surface area (TPSA) is 65.3 Å². The summed E-state index contributed by atoms with van der Waals surface area (Å²) < 4.78 is 0. The smallest absolute Gasteiger partial charge is 0.351 e. The van der Waals surface area contributed by atoms with Gasteiger partial charge >= 0.3 is 5.97 Å². The number of aliphatic imine (C=N–C) groups is 1. The Hall–Kier alpha value is -2.34. The minimum absolute atomic E-state index is 0.0591. The van der Waals surface area contributed by atoms with Crippen LogP contribution in [0, 0.1) is 0 Å². The lowest BCUT2D eigenvalue weighted by molar-refractivity contribution is -0.129. The molecule has 0 radical (unpaired) electrons. The third-order valence-electron chi connectivity index (χ3n) is 3.86. The lowest BCUT2D eigenvalue weighted by Gasteiger charge is -2.26. The SMILES string of the molecule is C/C(=N\N1CN=C(c2ccc(Cl)cc2Cl)C=C1c1ccccc1Cl)C(=O)O. The van der Waals surface area contributed by atoms with Crippen LogP contribution in [0.1, 0.15) is 18.1 Å². The summed E-state index contributed by atoms with van der Waals surface area (Å²) in [5.41, 5.74) is 2.61. The van der Waals surface area contributed by atoms with E-state index in [0.717, 1.165) is 0 Å². The maximum absolute atomic E-state index is 11.2. The van der Waals surface area contributed by atoms with Gasteiger partial charge in [0.15, 0.2) is 0 Å². The van der Waals surface area contributed by atoms with Crippen LogP contribution in [0.3, 0.4) is 0 Å². The average Bonchev–Trinajstić information content (AvgIpc) is 2.63. The van der Waals surface area contributed by atoms with Gasteiger partial charge in [-0.3, -0.25) is 4.99 Å². The van der Waals surface area contributed by atoms with E-state index in [0.29, 0.717) is 37.6 Å². The highest BCUT2D eigenvalue weighted by atomic mass is 35.5. The minimum atomic E-state index is -1.11. The number of benzene rings is 2. The third kappa shape index (κ3) is 4.33. The monoisotopic (exact) mass is 421 g/mol. The third-order valence-corrected chi connectivity index (χ3v) is 4.74. The van der Waals surface area contributed by atoms with Gasteiger partial charge in [0.25, 0.3) is 0 Å². The fourth-order valence-electron chi connectivity index (χ4n) is 2.52. The molecule has 1 aliphatic rings. The molecule has 1 aliphatic heterocycles. The Morgan fingerprint density at radius 2 is 1.85 bits per heavy atom. The summed E-state index contributed by atoms with van der Waals surface area (Å²) in [6.45, 7) is 1.54. The lowest BCUT2D eigenvalue weighted by Crippen LogP contribution is -2.25. The molecule has 0 bridgehead atoms. The van der Waals surface area contributed by atoms with Gasteiger partial charge in [-0.05, 0) is 37.3 Å². The molecule has 0 fully saturated rings. The first-order chi connectivity index (χ1) is 12.9. The van der Waals surface area contributed by atoms with E-state index in [1.165, 1.54) is 11.9 Å². The second-order valence-corrected chi connectivity index (χ2v) is 6.96. The Morgan fingerprint density at radius 1 is 1.11 bits per heavy atom. The molecule has 0 unspecified atom stereocenters. The van der Waals surface area contributed by atoms with Crippen LogP contribution in [0.5, 0.6) is 0 Å². The number of hydrogen-bond acceptors (Lipinski definition) is 4. The second kappa shape index (κ2) is 8.13. The standard InChI is InChI=1S/C19H14Cl3N3O2/c1-11(19(26)27)24-25-10-23-17(13-7-6-12(20)8-16(13)22)9-18(25)14-4-2-3-5-15(14)21/h2-9H,10H2,1H3,(H,26,27)/b24-11+. The second-order valence-electron chi connectivity index (χ2n) is 5.71. The molecule has 0 aromatic heterocycles. The number of nitrogens with zero attached hydrogens (tertiary/aromatic N) is 3. The number of hydrazone groups is 1. The molecule has 5 nitrogen and oxygen atoms in total. The molecular formula is C19H14Cl3N3O2. The fourth-order valence-corrected chi connectivity index (χ4v) is 3.26. The maximum atomic E-state index is 11.2. The highest BCUT2D eigenvalue weighted by Crippen LogP contribution is 2.31. The molecule has 138 valence electrons. The van der Waals surface area contributed by atoms with Crippen LogP contribution >= 0.6 is 34.8 Å². The fraction of sp³-hybridized carbons (Fsp3) is 0.105. The summed E-state index contributed by atoms with van der Waals surface area (Å²) in [6, 6.07) is 12.4. The Labute approximate surface area is 171 Å². The van der Waals surface area contributed by atoms with Gasteiger partial charge in [-0.25, -0.2) is 9.80 Å². The van der Waals surface area contributed by atoms with Crippen LogP contribution in [0.2, 0.25) is 15.1 Å². The largest absolute Gasteiger partial charge is 0.477 e. The van der Waals surface area contributed by atoms with Crippen molar-refractivity contribution < 1.29 is 9.90 Å². The van der Waals surface area contributed by atoms with E-state index < -0.39 is 5.97 Å². The molecule has 0 aliphatic carbocycles. The van der Waals surface area contributed by atoms with E-state index in [4.69, 9.17) is 39.9 Å². The molecule has 3 rings (SSSR count). The Balaban J connectivity index is 2.11. The molecule has 1 heterocycles. The zero-order valence-electron chi connectivity index (χ0n) is 14.2. The number of carbonyl (C=O) groups is 1. The van der Waals surface area contributed by atoms with Crippen molar-refractivity contribution >= 4 is 57.9 Å². The summed E-state index contributed by atoms with van der Waals surface area (Å²) >= 11 is 18.6. The van der Waals surface area contributed by atoms with E-state index in [1.807, 2.05) is 18.2 Å². The van der Waals surface area contributed by atoms with E-state index in [9.17, 15) is 4.79 Å². The number of halogens is 3. The number of aliphatic carboxylic acids is 1. The van der Waals surface area contributed by atoms with Crippen LogP contribution in [-0.4, -0.2) is 34.2 Å². The summed E-state index contributed by atoms with van der Waals surface area (Å²) in [6.07, 6.45) is 1.78. The summed E-state index contributed by atoms with van der Waals surface area (Å²) in [5, 5.41) is 16.3. The summed E-state index contributed by atoms with van der Waals surface area (Å²) in [5.74, 6) is -1.11. The molecule has 0 atom stereocenters. The Morgan fingerprint density at radius 3 is 2.52 bits per heavy atom. The average molecular weight is 423 g/mol. The zero-order chi connectivity index (χ0) is 19.6. The van der Waals surface area contributed by atoms with Gasteiger partial charge in [0.05, 0.1) is 16.4 Å². The van der Waals surface area contributed by atoms with Crippen LogP contribution in [0.4, 0.5) is 0 Å². The number of rotatable bonds is 4. The molecule has 8 heteroatoms. The molecular weight excluding hydrogens is 409 g/mol. The molecule has 0 saturated carbocycles. The number of carboxylic acid groups (broad SMARTS) is 1. The van der Waals surface area contributed by atoms with Crippen molar-refractivity contribution in [1.82, 2.24) is 5.01 Å². The molecule has 0 spiro atoms. The molecule has 1 N–H and O–H groups in total. The Kier molecular flexibility index (Phi) is 5.85. The van der Waals surface area contributed by atoms with Crippen LogP contribution in [0.25, 0.3) is 5.70 Å². The maximum Gasteiger partial charge on any atom is 0.351 e. The number of carboxylic acids is 1. The molecule has 27 heavy (non-hydrogen) atoms. The van der Waals surface area contributed by atoms with Crippen molar-refractivity contribution in [3.8, 4) is 0 Å². The van der Waals surface area contributed by atoms with E-state index in [-0.39, 0.29) is 12.4 Å². The first-order valence-corrected chi connectivity index (χ1v) is 9.02. The van der Waals surface area contributed by atoms with Gasteiger partial charge in [-0.2, -0.15) is 5.10 Å². The number of hydrogen-bond donors (Lipinski definition) is 1. The highest BCUT2D eigenvalue weighted by Gasteiger charge is 2.21. The van der Waals surface area contributed by atoms with Crippen molar-refractivity contribution in [2.75, 3.05) is 6.67 Å². The minimum Gasteiger partial charge on any atom is -0.477 e. The van der Waals surface area contributed by atoms with Crippen molar-refractivity contribution in [2.24, 2.45) is 10.1 Å². The highest BCUT2D eigenvalue weighted by molar-refractivity contribution is 6.38. The molecule has 2 aromatic carbocycles. The Bertz CT molecular complexity index is 999. The van der Waals surface area contributed by atoms with Crippen LogP contribution in [-0.2, 0) is 4.79 Å².